The lowest BCUT2D eigenvalue weighted by molar-refractivity contribution is 0.101. The molecule has 8 heteroatoms. The first-order chi connectivity index (χ1) is 12.4. The van der Waals surface area contributed by atoms with E-state index in [-0.39, 0.29) is 17.0 Å². The Morgan fingerprint density at radius 2 is 2.12 bits per heavy atom. The van der Waals surface area contributed by atoms with E-state index in [1.165, 1.54) is 18.2 Å². The molecule has 0 bridgehead atoms. The van der Waals surface area contributed by atoms with Crippen LogP contribution >= 0.6 is 11.6 Å². The topological polar surface area (TPSA) is 83.4 Å². The zero-order chi connectivity index (χ0) is 18.8. The number of carbonyl (C=O) groups is 2. The fourth-order valence-corrected chi connectivity index (χ4v) is 3.61. The molecule has 2 amide bonds. The minimum atomic E-state index is -1.08. The van der Waals surface area contributed by atoms with Gasteiger partial charge in [0.15, 0.2) is 0 Å². The summed E-state index contributed by atoms with van der Waals surface area (Å²) in [7, 11) is 1.75. The van der Waals surface area contributed by atoms with Gasteiger partial charge in [0, 0.05) is 18.9 Å². The highest BCUT2D eigenvalue weighted by molar-refractivity contribution is 6.31. The maximum atomic E-state index is 13.3. The number of rotatable bonds is 3. The standard InChI is InChI=1S/C18H19ClFN3O3/c1-23-9-12-11(4-2-3-5-15(12)22-18(25)26)16(23)17(24)21-10-6-7-14(20)13(19)8-10/h6-9,15,22H,2-5H2,1H3,(H,21,24)(H,25,26). The highest BCUT2D eigenvalue weighted by Crippen LogP contribution is 2.32. The van der Waals surface area contributed by atoms with Crippen LogP contribution in [0.25, 0.3) is 0 Å². The Morgan fingerprint density at radius 3 is 2.81 bits per heavy atom. The van der Waals surface area contributed by atoms with E-state index < -0.39 is 11.9 Å². The van der Waals surface area contributed by atoms with Crippen molar-refractivity contribution in [2.75, 3.05) is 5.32 Å². The number of carbonyl (C=O) groups excluding carboxylic acids is 1. The molecule has 1 unspecified atom stereocenters. The maximum absolute atomic E-state index is 13.3. The molecular formula is C18H19ClFN3O3. The summed E-state index contributed by atoms with van der Waals surface area (Å²) >= 11 is 5.76. The van der Waals surface area contributed by atoms with E-state index >= 15 is 0 Å². The van der Waals surface area contributed by atoms with Gasteiger partial charge < -0.3 is 20.3 Å². The second-order valence-corrected chi connectivity index (χ2v) is 6.76. The molecule has 3 rings (SSSR count). The highest BCUT2D eigenvalue weighted by Gasteiger charge is 2.27. The second-order valence-electron chi connectivity index (χ2n) is 6.35. The van der Waals surface area contributed by atoms with Gasteiger partial charge in [0.1, 0.15) is 11.5 Å². The van der Waals surface area contributed by atoms with E-state index in [0.29, 0.717) is 24.2 Å². The van der Waals surface area contributed by atoms with Crippen molar-refractivity contribution in [1.82, 2.24) is 9.88 Å². The van der Waals surface area contributed by atoms with Gasteiger partial charge in [0.25, 0.3) is 5.91 Å². The van der Waals surface area contributed by atoms with Crippen molar-refractivity contribution in [2.45, 2.75) is 31.7 Å². The van der Waals surface area contributed by atoms with Gasteiger partial charge in [-0.3, -0.25) is 4.79 Å². The van der Waals surface area contributed by atoms with Crippen LogP contribution in [0, 0.1) is 5.82 Å². The third-order valence-corrected chi connectivity index (χ3v) is 4.84. The van der Waals surface area contributed by atoms with E-state index in [4.69, 9.17) is 16.7 Å². The van der Waals surface area contributed by atoms with Crippen LogP contribution in [-0.2, 0) is 13.5 Å². The van der Waals surface area contributed by atoms with Crippen molar-refractivity contribution >= 4 is 29.3 Å². The number of amides is 2. The third-order valence-electron chi connectivity index (χ3n) is 4.55. The molecule has 138 valence electrons. The molecule has 1 aromatic heterocycles. The quantitative estimate of drug-likeness (QED) is 0.702. The van der Waals surface area contributed by atoms with Crippen LogP contribution < -0.4 is 10.6 Å². The molecule has 1 aromatic carbocycles. The second kappa shape index (κ2) is 7.37. The van der Waals surface area contributed by atoms with E-state index in [2.05, 4.69) is 10.6 Å². The lowest BCUT2D eigenvalue weighted by Gasteiger charge is -2.14. The Morgan fingerprint density at radius 1 is 1.35 bits per heavy atom. The van der Waals surface area contributed by atoms with E-state index in [0.717, 1.165) is 24.0 Å². The molecule has 3 N–H and O–H groups in total. The van der Waals surface area contributed by atoms with Crippen molar-refractivity contribution in [3.8, 4) is 0 Å². The summed E-state index contributed by atoms with van der Waals surface area (Å²) in [5.74, 6) is -0.896. The van der Waals surface area contributed by atoms with E-state index in [9.17, 15) is 14.0 Å². The lowest BCUT2D eigenvalue weighted by atomic mass is 10.0. The molecule has 6 nitrogen and oxygen atoms in total. The SMILES string of the molecule is Cn1cc2c(c1C(=O)Nc1ccc(F)c(Cl)c1)CCCCC2NC(=O)O. The average molecular weight is 380 g/mol. The van der Waals surface area contributed by atoms with Gasteiger partial charge in [0.2, 0.25) is 0 Å². The molecule has 1 aliphatic carbocycles. The van der Waals surface area contributed by atoms with Crippen LogP contribution in [-0.4, -0.2) is 21.7 Å². The summed E-state index contributed by atoms with van der Waals surface area (Å²) < 4.78 is 15.0. The molecule has 0 spiro atoms. The van der Waals surface area contributed by atoms with Gasteiger partial charge in [-0.2, -0.15) is 0 Å². The minimum absolute atomic E-state index is 0.0702. The molecular weight excluding hydrogens is 361 g/mol. The molecule has 0 aliphatic heterocycles. The average Bonchev–Trinajstić information content (AvgIpc) is 2.78. The van der Waals surface area contributed by atoms with Crippen LogP contribution in [0.4, 0.5) is 14.9 Å². The molecule has 0 radical (unpaired) electrons. The zero-order valence-electron chi connectivity index (χ0n) is 14.2. The Labute approximate surface area is 155 Å². The smallest absolute Gasteiger partial charge is 0.405 e. The molecule has 1 atom stereocenters. The van der Waals surface area contributed by atoms with Crippen molar-refractivity contribution in [3.63, 3.8) is 0 Å². The first kappa shape index (κ1) is 18.3. The van der Waals surface area contributed by atoms with Gasteiger partial charge in [-0.25, -0.2) is 9.18 Å². The first-order valence-corrected chi connectivity index (χ1v) is 8.68. The number of nitrogens with one attached hydrogen (secondary N) is 2. The maximum Gasteiger partial charge on any atom is 0.405 e. The largest absolute Gasteiger partial charge is 0.465 e. The summed E-state index contributed by atoms with van der Waals surface area (Å²) in [6.07, 6.45) is 3.85. The summed E-state index contributed by atoms with van der Waals surface area (Å²) in [5, 5.41) is 14.3. The number of hydrogen-bond acceptors (Lipinski definition) is 2. The van der Waals surface area contributed by atoms with Gasteiger partial charge in [-0.1, -0.05) is 18.0 Å². The van der Waals surface area contributed by atoms with Crippen molar-refractivity contribution < 1.29 is 19.1 Å². The third kappa shape index (κ3) is 3.67. The number of aromatic nitrogens is 1. The van der Waals surface area contributed by atoms with E-state index in [1.807, 2.05) is 0 Å². The fourth-order valence-electron chi connectivity index (χ4n) is 3.43. The summed E-state index contributed by atoms with van der Waals surface area (Å²) in [6, 6.07) is 3.65. The molecule has 0 fully saturated rings. The van der Waals surface area contributed by atoms with Crippen molar-refractivity contribution in [2.24, 2.45) is 7.05 Å². The van der Waals surface area contributed by atoms with Crippen LogP contribution in [0.15, 0.2) is 24.4 Å². The van der Waals surface area contributed by atoms with Gasteiger partial charge >= 0.3 is 6.09 Å². The molecule has 1 heterocycles. The molecule has 0 saturated carbocycles. The zero-order valence-corrected chi connectivity index (χ0v) is 14.9. The highest BCUT2D eigenvalue weighted by atomic mass is 35.5. The normalized spacial score (nSPS) is 16.5. The number of anilines is 1. The predicted molar refractivity (Wildman–Crippen MR) is 96.2 cm³/mol. The number of nitrogens with zero attached hydrogens (tertiary/aromatic N) is 1. The van der Waals surface area contributed by atoms with Crippen molar-refractivity contribution in [3.05, 3.63) is 52.1 Å². The predicted octanol–water partition coefficient (Wildman–Crippen LogP) is 4.11. The van der Waals surface area contributed by atoms with Gasteiger partial charge in [-0.05, 0) is 48.6 Å². The number of hydrogen-bond donors (Lipinski definition) is 3. The molecule has 2 aromatic rings. The van der Waals surface area contributed by atoms with Gasteiger partial charge in [-0.15, -0.1) is 0 Å². The molecule has 26 heavy (non-hydrogen) atoms. The Balaban J connectivity index is 1.92. The fraction of sp³-hybridized carbons (Fsp3) is 0.333. The van der Waals surface area contributed by atoms with Crippen molar-refractivity contribution in [1.29, 1.82) is 0 Å². The number of aryl methyl sites for hydroxylation is 1. The van der Waals surface area contributed by atoms with Crippen LogP contribution in [0.1, 0.15) is 46.9 Å². The lowest BCUT2D eigenvalue weighted by Crippen LogP contribution is -2.26. The minimum Gasteiger partial charge on any atom is -0.465 e. The Bertz CT molecular complexity index is 866. The number of halogens is 2. The molecule has 0 saturated heterocycles. The summed E-state index contributed by atoms with van der Waals surface area (Å²) in [5.41, 5.74) is 2.54. The van der Waals surface area contributed by atoms with Crippen LogP contribution in [0.5, 0.6) is 0 Å². The van der Waals surface area contributed by atoms with Gasteiger partial charge in [0.05, 0.1) is 11.1 Å². The Hall–Kier alpha value is -2.54. The summed E-state index contributed by atoms with van der Waals surface area (Å²) in [6.45, 7) is 0. The summed E-state index contributed by atoms with van der Waals surface area (Å²) in [4.78, 5) is 23.9. The monoisotopic (exact) mass is 379 g/mol. The Kier molecular flexibility index (Phi) is 5.18. The number of fused-ring (bicyclic) bond motifs is 1. The molecule has 1 aliphatic rings. The van der Waals surface area contributed by atoms with Crippen LogP contribution in [0.3, 0.4) is 0 Å². The van der Waals surface area contributed by atoms with Crippen LogP contribution in [0.2, 0.25) is 5.02 Å². The van der Waals surface area contributed by atoms with E-state index in [1.54, 1.807) is 17.8 Å². The number of carboxylic acid groups (broad SMARTS) is 1. The number of benzene rings is 1. The first-order valence-electron chi connectivity index (χ1n) is 8.30.